The number of aliphatic hydroxyl groups is 1. The molecule has 84 valence electrons. The summed E-state index contributed by atoms with van der Waals surface area (Å²) in [5, 5.41) is 9.37. The number of carbonyl (C=O) groups excluding carboxylic acids is 1. The first-order valence-corrected chi connectivity index (χ1v) is 5.57. The van der Waals surface area contributed by atoms with Crippen LogP contribution < -0.4 is 5.73 Å². The lowest BCUT2D eigenvalue weighted by molar-refractivity contribution is -0.120. The van der Waals surface area contributed by atoms with Gasteiger partial charge in [0.1, 0.15) is 5.78 Å². The molecule has 2 unspecified atom stereocenters. The lowest BCUT2D eigenvalue weighted by Crippen LogP contribution is -2.36. The molecular formula is C11H23NO2. The summed E-state index contributed by atoms with van der Waals surface area (Å²) in [7, 11) is 0. The fraction of sp³-hybridized carbons (Fsp3) is 0.909. The van der Waals surface area contributed by atoms with Crippen molar-refractivity contribution >= 4 is 5.78 Å². The highest BCUT2D eigenvalue weighted by molar-refractivity contribution is 5.78. The lowest BCUT2D eigenvalue weighted by atomic mass is 10.0. The first-order valence-electron chi connectivity index (χ1n) is 5.57. The van der Waals surface area contributed by atoms with E-state index in [-0.39, 0.29) is 11.8 Å². The maximum Gasteiger partial charge on any atom is 0.134 e. The SMILES string of the molecule is CCCCCC(=O)CC(N)C(O)CC. The van der Waals surface area contributed by atoms with Crippen LogP contribution in [0.15, 0.2) is 0 Å². The molecule has 3 heteroatoms. The van der Waals surface area contributed by atoms with E-state index in [9.17, 15) is 9.90 Å². The van der Waals surface area contributed by atoms with Crippen LogP contribution in [0.4, 0.5) is 0 Å². The van der Waals surface area contributed by atoms with Crippen molar-refractivity contribution in [3.8, 4) is 0 Å². The summed E-state index contributed by atoms with van der Waals surface area (Å²) in [4.78, 5) is 11.4. The Balaban J connectivity index is 3.60. The minimum atomic E-state index is -0.537. The van der Waals surface area contributed by atoms with Gasteiger partial charge in [-0.3, -0.25) is 4.79 Å². The number of ketones is 1. The van der Waals surface area contributed by atoms with E-state index < -0.39 is 6.10 Å². The van der Waals surface area contributed by atoms with Crippen molar-refractivity contribution < 1.29 is 9.90 Å². The molecule has 14 heavy (non-hydrogen) atoms. The van der Waals surface area contributed by atoms with Crippen molar-refractivity contribution in [1.82, 2.24) is 0 Å². The minimum Gasteiger partial charge on any atom is -0.392 e. The monoisotopic (exact) mass is 201 g/mol. The summed E-state index contributed by atoms with van der Waals surface area (Å²) in [6, 6.07) is -0.380. The number of nitrogens with two attached hydrogens (primary N) is 1. The van der Waals surface area contributed by atoms with Crippen LogP contribution in [0.25, 0.3) is 0 Å². The maximum absolute atomic E-state index is 11.4. The molecule has 0 aromatic heterocycles. The number of hydrogen-bond acceptors (Lipinski definition) is 3. The predicted octanol–water partition coefficient (Wildman–Crippen LogP) is 1.62. The first kappa shape index (κ1) is 13.6. The van der Waals surface area contributed by atoms with Crippen molar-refractivity contribution in [2.75, 3.05) is 0 Å². The maximum atomic E-state index is 11.4. The lowest BCUT2D eigenvalue weighted by Gasteiger charge is -2.16. The quantitative estimate of drug-likeness (QED) is 0.587. The van der Waals surface area contributed by atoms with Gasteiger partial charge >= 0.3 is 0 Å². The Morgan fingerprint density at radius 1 is 1.36 bits per heavy atom. The number of unbranched alkanes of at least 4 members (excludes halogenated alkanes) is 2. The van der Waals surface area contributed by atoms with E-state index in [0.717, 1.165) is 19.3 Å². The zero-order valence-corrected chi connectivity index (χ0v) is 9.33. The fourth-order valence-electron chi connectivity index (χ4n) is 1.38. The normalized spacial score (nSPS) is 15.1. The molecule has 0 fully saturated rings. The van der Waals surface area contributed by atoms with Gasteiger partial charge in [-0.05, 0) is 12.8 Å². The average Bonchev–Trinajstić information content (AvgIpc) is 2.16. The van der Waals surface area contributed by atoms with Gasteiger partial charge in [-0.25, -0.2) is 0 Å². The third kappa shape index (κ3) is 6.11. The second kappa shape index (κ2) is 7.94. The molecule has 2 atom stereocenters. The van der Waals surface area contributed by atoms with Crippen LogP contribution in [0, 0.1) is 0 Å². The summed E-state index contributed by atoms with van der Waals surface area (Å²) in [5.74, 6) is 0.179. The molecule has 0 aromatic carbocycles. The van der Waals surface area contributed by atoms with Crippen LogP contribution >= 0.6 is 0 Å². The topological polar surface area (TPSA) is 63.3 Å². The second-order valence-electron chi connectivity index (χ2n) is 3.84. The Morgan fingerprint density at radius 3 is 2.50 bits per heavy atom. The molecule has 0 aliphatic carbocycles. The molecule has 0 aliphatic rings. The molecule has 0 rings (SSSR count). The summed E-state index contributed by atoms with van der Waals surface area (Å²) >= 11 is 0. The molecule has 3 N–H and O–H groups in total. The van der Waals surface area contributed by atoms with Crippen LogP contribution in [0.3, 0.4) is 0 Å². The second-order valence-corrected chi connectivity index (χ2v) is 3.84. The molecule has 0 aromatic rings. The minimum absolute atomic E-state index is 0.179. The smallest absolute Gasteiger partial charge is 0.134 e. The third-order valence-corrected chi connectivity index (χ3v) is 2.44. The highest BCUT2D eigenvalue weighted by Crippen LogP contribution is 2.06. The van der Waals surface area contributed by atoms with Gasteiger partial charge in [-0.15, -0.1) is 0 Å². The van der Waals surface area contributed by atoms with Crippen molar-refractivity contribution in [3.05, 3.63) is 0 Å². The standard InChI is InChI=1S/C11H23NO2/c1-3-5-6-7-9(13)8-10(12)11(14)4-2/h10-11,14H,3-8,12H2,1-2H3. The average molecular weight is 201 g/mol. The van der Waals surface area contributed by atoms with Crippen LogP contribution in [-0.4, -0.2) is 23.0 Å². The zero-order valence-electron chi connectivity index (χ0n) is 9.33. The van der Waals surface area contributed by atoms with E-state index in [1.54, 1.807) is 0 Å². The number of aliphatic hydroxyl groups excluding tert-OH is 1. The Bertz CT molecular complexity index is 159. The zero-order chi connectivity index (χ0) is 11.0. The van der Waals surface area contributed by atoms with Crippen molar-refractivity contribution in [3.63, 3.8) is 0 Å². The van der Waals surface area contributed by atoms with Gasteiger partial charge in [0.2, 0.25) is 0 Å². The molecule has 0 amide bonds. The number of Topliss-reactive ketones (excluding diaryl/α,β-unsaturated/α-hetero) is 1. The number of hydrogen-bond donors (Lipinski definition) is 2. The van der Waals surface area contributed by atoms with E-state index >= 15 is 0 Å². The Hall–Kier alpha value is -0.410. The molecule has 0 bridgehead atoms. The molecule has 3 nitrogen and oxygen atoms in total. The van der Waals surface area contributed by atoms with Crippen molar-refractivity contribution in [2.45, 2.75) is 64.5 Å². The van der Waals surface area contributed by atoms with E-state index in [2.05, 4.69) is 6.92 Å². The predicted molar refractivity (Wildman–Crippen MR) is 58.0 cm³/mol. The van der Waals surface area contributed by atoms with Crippen LogP contribution in [0.5, 0.6) is 0 Å². The first-order chi connectivity index (χ1) is 6.61. The highest BCUT2D eigenvalue weighted by Gasteiger charge is 2.15. The van der Waals surface area contributed by atoms with Gasteiger partial charge in [0.05, 0.1) is 6.10 Å². The van der Waals surface area contributed by atoms with Gasteiger partial charge in [-0.1, -0.05) is 26.7 Å². The van der Waals surface area contributed by atoms with Crippen LogP contribution in [0.2, 0.25) is 0 Å². The number of carbonyl (C=O) groups is 1. The molecule has 0 aliphatic heterocycles. The molecule has 0 saturated heterocycles. The molecule has 0 heterocycles. The van der Waals surface area contributed by atoms with E-state index in [4.69, 9.17) is 5.73 Å². The van der Waals surface area contributed by atoms with Crippen LogP contribution in [-0.2, 0) is 4.79 Å². The summed E-state index contributed by atoms with van der Waals surface area (Å²) in [6.07, 6.45) is 4.17. The van der Waals surface area contributed by atoms with E-state index in [1.165, 1.54) is 0 Å². The Morgan fingerprint density at radius 2 is 2.00 bits per heavy atom. The van der Waals surface area contributed by atoms with Gasteiger partial charge < -0.3 is 10.8 Å². The third-order valence-electron chi connectivity index (χ3n) is 2.44. The Labute approximate surface area is 86.7 Å². The van der Waals surface area contributed by atoms with Crippen LogP contribution in [0.1, 0.15) is 52.4 Å². The molecule has 0 saturated carbocycles. The van der Waals surface area contributed by atoms with E-state index in [1.807, 2.05) is 6.92 Å². The molecular weight excluding hydrogens is 178 g/mol. The van der Waals surface area contributed by atoms with Gasteiger partial charge in [0.15, 0.2) is 0 Å². The molecule has 0 radical (unpaired) electrons. The van der Waals surface area contributed by atoms with Gasteiger partial charge in [-0.2, -0.15) is 0 Å². The van der Waals surface area contributed by atoms with E-state index in [0.29, 0.717) is 19.3 Å². The molecule has 0 spiro atoms. The highest BCUT2D eigenvalue weighted by atomic mass is 16.3. The Kier molecular flexibility index (Phi) is 7.71. The van der Waals surface area contributed by atoms with Gasteiger partial charge in [0.25, 0.3) is 0 Å². The summed E-state index contributed by atoms with van der Waals surface area (Å²) < 4.78 is 0. The largest absolute Gasteiger partial charge is 0.392 e. The summed E-state index contributed by atoms with van der Waals surface area (Å²) in [5.41, 5.74) is 5.66. The number of rotatable bonds is 8. The fourth-order valence-corrected chi connectivity index (χ4v) is 1.38. The van der Waals surface area contributed by atoms with Crippen molar-refractivity contribution in [1.29, 1.82) is 0 Å². The van der Waals surface area contributed by atoms with Crippen molar-refractivity contribution in [2.24, 2.45) is 5.73 Å². The van der Waals surface area contributed by atoms with Gasteiger partial charge in [0, 0.05) is 18.9 Å². The summed E-state index contributed by atoms with van der Waals surface area (Å²) in [6.45, 7) is 3.98.